The molecule has 1 fully saturated rings. The number of carbonyl (C=O) groups excluding carboxylic acids is 1. The second kappa shape index (κ2) is 9.55. The zero-order chi connectivity index (χ0) is 17.7. The van der Waals surface area contributed by atoms with Gasteiger partial charge in [0.2, 0.25) is 0 Å². The van der Waals surface area contributed by atoms with E-state index in [-0.39, 0.29) is 18.9 Å². The van der Waals surface area contributed by atoms with E-state index >= 15 is 0 Å². The van der Waals surface area contributed by atoms with E-state index in [1.54, 1.807) is 12.1 Å². The predicted molar refractivity (Wildman–Crippen MR) is 87.5 cm³/mol. The monoisotopic (exact) mass is 723 g/mol. The summed E-state index contributed by atoms with van der Waals surface area (Å²) in [5, 5.41) is 9.32. The van der Waals surface area contributed by atoms with Crippen molar-refractivity contribution in [1.29, 1.82) is 0 Å². The fourth-order valence-corrected chi connectivity index (χ4v) is 4.03. The SMILES string of the molecule is O=C(O)C1CC(OCCCc2ccc(F)cc2)CN1C(=O)[CH]([Pb])[Pb]. The molecule has 1 aliphatic heterocycles. The number of nitrogens with zero attached hydrogens (tertiary/aromatic N) is 1. The van der Waals surface area contributed by atoms with E-state index in [0.717, 1.165) is 69.9 Å². The minimum absolute atomic E-state index is 0.0295. The molecule has 1 saturated heterocycles. The number of rotatable bonds is 7. The number of aliphatic carboxylic acids is 1. The van der Waals surface area contributed by atoms with E-state index in [2.05, 4.69) is 0 Å². The summed E-state index contributed by atoms with van der Waals surface area (Å²) in [7, 11) is 0. The number of carboxylic acid groups (broad SMARTS) is 1. The van der Waals surface area contributed by atoms with Gasteiger partial charge in [0.05, 0.1) is 0 Å². The van der Waals surface area contributed by atoms with Crippen molar-refractivity contribution in [3.63, 3.8) is 0 Å². The molecule has 1 aromatic rings. The number of hydrogen-bond donors (Lipinski definition) is 1. The van der Waals surface area contributed by atoms with Gasteiger partial charge < -0.3 is 0 Å². The standard InChI is InChI=1S/C16H18FNO4.2Pb/c1-11(19)18-10-14(9-15(18)16(20)21)22-8-2-3-12-4-6-13(17)7-5-12;;/h1,4-7,14-15H,2-3,8-10H2,(H,20,21);;. The van der Waals surface area contributed by atoms with E-state index in [0.29, 0.717) is 19.6 Å². The van der Waals surface area contributed by atoms with Crippen molar-refractivity contribution < 1.29 is 23.8 Å². The van der Waals surface area contributed by atoms with E-state index in [9.17, 15) is 19.1 Å². The Balaban J connectivity index is 1.79. The molecule has 2 rings (SSSR count). The molecule has 0 saturated carbocycles. The number of ether oxygens (including phenoxy) is 1. The Bertz CT molecular complexity index is 582. The second-order valence-electron chi connectivity index (χ2n) is 5.74. The van der Waals surface area contributed by atoms with E-state index in [1.165, 1.54) is 17.0 Å². The number of halogens is 1. The Labute approximate surface area is 172 Å². The van der Waals surface area contributed by atoms with Crippen LogP contribution in [-0.4, -0.2) is 98.7 Å². The number of carboxylic acids is 1. The third-order valence-corrected chi connectivity index (χ3v) is 5.87. The van der Waals surface area contributed by atoms with Crippen molar-refractivity contribution in [3.8, 4) is 0 Å². The molecule has 2 unspecified atom stereocenters. The van der Waals surface area contributed by atoms with Gasteiger partial charge in [0.25, 0.3) is 0 Å². The van der Waals surface area contributed by atoms with Crippen LogP contribution >= 0.6 is 0 Å². The van der Waals surface area contributed by atoms with Gasteiger partial charge in [-0.25, -0.2) is 4.39 Å². The second-order valence-corrected chi connectivity index (χ2v) is 19.0. The van der Waals surface area contributed by atoms with Crippen molar-refractivity contribution >= 4 is 63.4 Å². The van der Waals surface area contributed by atoms with E-state index < -0.39 is 12.0 Å². The van der Waals surface area contributed by atoms with Crippen LogP contribution in [0.25, 0.3) is 0 Å². The van der Waals surface area contributed by atoms with Gasteiger partial charge in [-0.05, 0) is 0 Å². The average Bonchev–Trinajstić information content (AvgIpc) is 2.97. The van der Waals surface area contributed by atoms with Crippen LogP contribution in [0.3, 0.4) is 0 Å². The van der Waals surface area contributed by atoms with E-state index in [1.807, 2.05) is 0 Å². The minimum atomic E-state index is -0.954. The van der Waals surface area contributed by atoms with Gasteiger partial charge in [-0.15, -0.1) is 0 Å². The Morgan fingerprint density at radius 3 is 2.58 bits per heavy atom. The number of likely N-dealkylation sites (tertiary alicyclic amines) is 1. The molecule has 24 heavy (non-hydrogen) atoms. The molecule has 5 nitrogen and oxygen atoms in total. The summed E-state index contributed by atoms with van der Waals surface area (Å²) < 4.78 is 18.7. The van der Waals surface area contributed by atoms with Crippen LogP contribution in [0, 0.1) is 5.82 Å². The van der Waals surface area contributed by atoms with Crippen LogP contribution in [0.4, 0.5) is 4.39 Å². The molecule has 1 aromatic carbocycles. The van der Waals surface area contributed by atoms with Crippen LogP contribution in [-0.2, 0) is 20.7 Å². The summed E-state index contributed by atoms with van der Waals surface area (Å²) in [6, 6.07) is 5.62. The third-order valence-electron chi connectivity index (χ3n) is 3.95. The summed E-state index contributed by atoms with van der Waals surface area (Å²) in [5.41, 5.74) is 1.04. The normalized spacial score (nSPS) is 20.6. The first-order chi connectivity index (χ1) is 11.4. The number of benzene rings is 1. The Morgan fingerprint density at radius 1 is 1.33 bits per heavy atom. The molecule has 1 amide bonds. The zero-order valence-corrected chi connectivity index (χ0v) is 20.8. The van der Waals surface area contributed by atoms with Crippen LogP contribution in [0.1, 0.15) is 18.4 Å². The van der Waals surface area contributed by atoms with Crippen molar-refractivity contribution in [3.05, 3.63) is 35.6 Å². The van der Waals surface area contributed by atoms with Crippen molar-refractivity contribution in [2.45, 2.75) is 32.4 Å². The van der Waals surface area contributed by atoms with Gasteiger partial charge >= 0.3 is 163 Å². The maximum atomic E-state index is 12.8. The van der Waals surface area contributed by atoms with Gasteiger partial charge in [-0.3, -0.25) is 0 Å². The van der Waals surface area contributed by atoms with Crippen LogP contribution in [0.15, 0.2) is 24.3 Å². The molecule has 1 aliphatic rings. The molecule has 2 atom stereocenters. The quantitative estimate of drug-likeness (QED) is 0.336. The topological polar surface area (TPSA) is 66.8 Å². The van der Waals surface area contributed by atoms with Gasteiger partial charge in [0.15, 0.2) is 0 Å². The molecule has 1 N–H and O–H groups in total. The summed E-state index contributed by atoms with van der Waals surface area (Å²) in [5.74, 6) is -1.23. The Morgan fingerprint density at radius 2 is 2.00 bits per heavy atom. The molecule has 1 heterocycles. The van der Waals surface area contributed by atoms with Crippen molar-refractivity contribution in [2.75, 3.05) is 13.2 Å². The van der Waals surface area contributed by atoms with Crippen LogP contribution < -0.4 is 0 Å². The molecule has 0 aromatic heterocycles. The Kier molecular flexibility index (Phi) is 8.04. The van der Waals surface area contributed by atoms with E-state index in [4.69, 9.17) is 4.74 Å². The molecule has 8 heteroatoms. The fourth-order valence-electron chi connectivity index (χ4n) is 2.74. The third kappa shape index (κ3) is 5.72. The van der Waals surface area contributed by atoms with Gasteiger partial charge in [-0.1, -0.05) is 0 Å². The Hall–Kier alpha value is -0.106. The summed E-state index contributed by atoms with van der Waals surface area (Å²) >= 11 is 1.53. The zero-order valence-electron chi connectivity index (χ0n) is 13.1. The van der Waals surface area contributed by atoms with Gasteiger partial charge in [-0.2, -0.15) is 0 Å². The van der Waals surface area contributed by atoms with Gasteiger partial charge in [0.1, 0.15) is 5.82 Å². The molecular weight excluding hydrogens is 704 g/mol. The molecule has 6 radical (unpaired) electrons. The first-order valence-corrected chi connectivity index (χ1v) is 12.2. The predicted octanol–water partition coefficient (Wildman–Crippen LogP) is 0.912. The molecule has 0 bridgehead atoms. The molecule has 0 spiro atoms. The van der Waals surface area contributed by atoms with Crippen LogP contribution in [0.5, 0.6) is 0 Å². The van der Waals surface area contributed by atoms with Crippen LogP contribution in [0.2, 0.25) is 1.04 Å². The first-order valence-electron chi connectivity index (χ1n) is 7.70. The molecule has 0 aliphatic carbocycles. The average molecular weight is 722 g/mol. The first kappa shape index (κ1) is 20.2. The number of aryl methyl sites for hydroxylation is 1. The summed E-state index contributed by atoms with van der Waals surface area (Å²) in [4.78, 5) is 25.0. The van der Waals surface area contributed by atoms with Crippen molar-refractivity contribution in [2.24, 2.45) is 0 Å². The summed E-state index contributed by atoms with van der Waals surface area (Å²) in [6.07, 6.45) is 1.69. The maximum absolute atomic E-state index is 12.8. The number of hydrogen-bond acceptors (Lipinski definition) is 3. The molecular formula is C16H18FNO4Pb2. The van der Waals surface area contributed by atoms with Gasteiger partial charge in [0, 0.05) is 0 Å². The summed E-state index contributed by atoms with van der Waals surface area (Å²) in [6.45, 7) is 0.870. The number of amides is 1. The fraction of sp³-hybridized carbons (Fsp3) is 0.500. The molecule has 126 valence electrons. The number of carbonyl (C=O) groups is 2. The van der Waals surface area contributed by atoms with Crippen molar-refractivity contribution in [1.82, 2.24) is 4.90 Å².